The number of aliphatic hydroxyl groups is 1. The van der Waals surface area contributed by atoms with Gasteiger partial charge in [0.1, 0.15) is 5.75 Å². The number of nitrogens with zero attached hydrogens (tertiary/aromatic N) is 2. The van der Waals surface area contributed by atoms with Crippen LogP contribution in [-0.2, 0) is 9.59 Å². The Morgan fingerprint density at radius 2 is 1.71 bits per heavy atom. The van der Waals surface area contributed by atoms with Gasteiger partial charge in [-0.3, -0.25) is 9.59 Å². The minimum atomic E-state index is -0.726. The summed E-state index contributed by atoms with van der Waals surface area (Å²) in [5.74, 6) is -0.752. The molecule has 28 heavy (non-hydrogen) atoms. The zero-order chi connectivity index (χ0) is 20.4. The first-order valence-corrected chi connectivity index (χ1v) is 9.12. The fourth-order valence-electron chi connectivity index (χ4n) is 2.90. The van der Waals surface area contributed by atoms with E-state index < -0.39 is 17.6 Å². The molecule has 0 aliphatic carbocycles. The lowest BCUT2D eigenvalue weighted by atomic mass is 10.1. The van der Waals surface area contributed by atoms with Crippen molar-refractivity contribution in [3.8, 4) is 5.75 Å². The molecule has 1 aliphatic rings. The highest BCUT2D eigenvalue weighted by molar-refractivity contribution is 6.44. The monoisotopic (exact) mass is 380 g/mol. The van der Waals surface area contributed by atoms with Gasteiger partial charge in [0.05, 0.1) is 17.9 Å². The zero-order valence-corrected chi connectivity index (χ0v) is 16.5. The second-order valence-electron chi connectivity index (χ2n) is 7.31. The largest absolute Gasteiger partial charge is 0.502 e. The minimum absolute atomic E-state index is 0.00401. The third-order valence-electron chi connectivity index (χ3n) is 4.39. The summed E-state index contributed by atoms with van der Waals surface area (Å²) in [7, 11) is 3.74. The fourth-order valence-corrected chi connectivity index (χ4v) is 2.90. The van der Waals surface area contributed by atoms with Crippen LogP contribution < -0.4 is 14.5 Å². The van der Waals surface area contributed by atoms with Crippen molar-refractivity contribution < 1.29 is 19.4 Å². The molecule has 3 rings (SSSR count). The van der Waals surface area contributed by atoms with Gasteiger partial charge in [0.2, 0.25) is 0 Å². The molecular weight excluding hydrogens is 356 g/mol. The summed E-state index contributed by atoms with van der Waals surface area (Å²) in [6.45, 7) is 4.69. The molecule has 0 unspecified atom stereocenters. The highest BCUT2D eigenvalue weighted by Crippen LogP contribution is 2.33. The van der Waals surface area contributed by atoms with Crippen molar-refractivity contribution in [2.45, 2.75) is 13.8 Å². The van der Waals surface area contributed by atoms with Crippen LogP contribution in [0.5, 0.6) is 5.75 Å². The van der Waals surface area contributed by atoms with E-state index in [-0.39, 0.29) is 5.57 Å². The van der Waals surface area contributed by atoms with Gasteiger partial charge >= 0.3 is 5.91 Å². The zero-order valence-electron chi connectivity index (χ0n) is 16.5. The highest BCUT2D eigenvalue weighted by Gasteiger charge is 2.40. The summed E-state index contributed by atoms with van der Waals surface area (Å²) in [5.41, 5.74) is 1.73. The standard InChI is InChI=1S/C22H24N2O4/c1-14(2)13-28-18-10-8-15(9-11-18)19-20(25)22(27)24(21(19)26)17-7-5-6-16(12-17)23(3)4/h5-12,14,25H,13H2,1-4H3. The Kier molecular flexibility index (Phi) is 5.40. The molecule has 1 aliphatic heterocycles. The summed E-state index contributed by atoms with van der Waals surface area (Å²) >= 11 is 0. The molecule has 146 valence electrons. The van der Waals surface area contributed by atoms with Crippen molar-refractivity contribution in [2.24, 2.45) is 5.92 Å². The van der Waals surface area contributed by atoms with E-state index in [2.05, 4.69) is 13.8 Å². The molecule has 0 bridgehead atoms. The number of imide groups is 1. The van der Waals surface area contributed by atoms with Crippen LogP contribution >= 0.6 is 0 Å². The molecular formula is C22H24N2O4. The van der Waals surface area contributed by atoms with Crippen LogP contribution in [0.1, 0.15) is 19.4 Å². The average Bonchev–Trinajstić information content (AvgIpc) is 2.89. The molecule has 0 spiro atoms. The summed E-state index contributed by atoms with van der Waals surface area (Å²) in [5, 5.41) is 10.4. The van der Waals surface area contributed by atoms with Gasteiger partial charge in [-0.15, -0.1) is 0 Å². The number of carbonyl (C=O) groups is 2. The number of anilines is 2. The topological polar surface area (TPSA) is 70.1 Å². The Bertz CT molecular complexity index is 930. The number of aliphatic hydroxyl groups excluding tert-OH is 1. The highest BCUT2D eigenvalue weighted by atomic mass is 16.5. The summed E-state index contributed by atoms with van der Waals surface area (Å²) in [6, 6.07) is 13.8. The van der Waals surface area contributed by atoms with Crippen LogP contribution in [-0.4, -0.2) is 37.6 Å². The van der Waals surface area contributed by atoms with Crippen molar-refractivity contribution in [3.63, 3.8) is 0 Å². The third kappa shape index (κ3) is 3.71. The molecule has 0 fully saturated rings. The minimum Gasteiger partial charge on any atom is -0.502 e. The second kappa shape index (κ2) is 7.76. The van der Waals surface area contributed by atoms with Crippen LogP contribution in [0.25, 0.3) is 5.57 Å². The molecule has 2 aromatic rings. The molecule has 6 heteroatoms. The lowest BCUT2D eigenvalue weighted by Gasteiger charge is -2.18. The summed E-state index contributed by atoms with van der Waals surface area (Å²) in [4.78, 5) is 28.4. The first kappa shape index (κ1) is 19.5. The predicted octanol–water partition coefficient (Wildman–Crippen LogP) is 3.63. The summed E-state index contributed by atoms with van der Waals surface area (Å²) in [6.07, 6.45) is 0. The molecule has 0 saturated heterocycles. The third-order valence-corrected chi connectivity index (χ3v) is 4.39. The Morgan fingerprint density at radius 1 is 1.04 bits per heavy atom. The fraction of sp³-hybridized carbons (Fsp3) is 0.273. The van der Waals surface area contributed by atoms with E-state index in [4.69, 9.17) is 4.74 Å². The van der Waals surface area contributed by atoms with E-state index in [0.29, 0.717) is 29.5 Å². The van der Waals surface area contributed by atoms with Gasteiger partial charge in [-0.25, -0.2) is 4.90 Å². The van der Waals surface area contributed by atoms with E-state index in [1.807, 2.05) is 25.1 Å². The molecule has 1 heterocycles. The quantitative estimate of drug-likeness (QED) is 0.775. The Hall–Kier alpha value is -3.28. The van der Waals surface area contributed by atoms with E-state index in [1.165, 1.54) is 0 Å². The van der Waals surface area contributed by atoms with Crippen LogP contribution in [0.2, 0.25) is 0 Å². The van der Waals surface area contributed by atoms with Crippen LogP contribution in [0, 0.1) is 5.92 Å². The lowest BCUT2D eigenvalue weighted by Crippen LogP contribution is -2.31. The maximum atomic E-state index is 13.0. The number of benzene rings is 2. The van der Waals surface area contributed by atoms with E-state index >= 15 is 0 Å². The first-order valence-electron chi connectivity index (χ1n) is 9.12. The number of carbonyl (C=O) groups excluding carboxylic acids is 2. The van der Waals surface area contributed by atoms with Crippen molar-refractivity contribution in [1.29, 1.82) is 0 Å². The van der Waals surface area contributed by atoms with Crippen molar-refractivity contribution in [2.75, 3.05) is 30.5 Å². The molecule has 0 aromatic heterocycles. The molecule has 6 nitrogen and oxygen atoms in total. The number of rotatable bonds is 6. The Balaban J connectivity index is 1.88. The van der Waals surface area contributed by atoms with Crippen LogP contribution in [0.3, 0.4) is 0 Å². The van der Waals surface area contributed by atoms with Crippen molar-refractivity contribution in [3.05, 3.63) is 59.9 Å². The van der Waals surface area contributed by atoms with Gasteiger partial charge in [-0.05, 0) is 41.8 Å². The second-order valence-corrected chi connectivity index (χ2v) is 7.31. The maximum absolute atomic E-state index is 13.0. The Morgan fingerprint density at radius 3 is 2.32 bits per heavy atom. The maximum Gasteiger partial charge on any atom is 0.301 e. The molecule has 2 aromatic carbocycles. The molecule has 0 radical (unpaired) electrons. The van der Waals surface area contributed by atoms with Gasteiger partial charge in [0.15, 0.2) is 5.76 Å². The summed E-state index contributed by atoms with van der Waals surface area (Å²) < 4.78 is 5.64. The van der Waals surface area contributed by atoms with E-state index in [9.17, 15) is 14.7 Å². The number of ether oxygens (including phenoxy) is 1. The first-order chi connectivity index (χ1) is 13.3. The number of hydrogen-bond acceptors (Lipinski definition) is 5. The normalized spacial score (nSPS) is 14.2. The van der Waals surface area contributed by atoms with Gasteiger partial charge in [0, 0.05) is 19.8 Å². The van der Waals surface area contributed by atoms with Crippen molar-refractivity contribution >= 4 is 28.8 Å². The molecule has 0 saturated carbocycles. The molecule has 0 atom stereocenters. The van der Waals surface area contributed by atoms with E-state index in [1.54, 1.807) is 42.5 Å². The van der Waals surface area contributed by atoms with Crippen molar-refractivity contribution in [1.82, 2.24) is 0 Å². The lowest BCUT2D eigenvalue weighted by molar-refractivity contribution is -0.121. The van der Waals surface area contributed by atoms with Gasteiger partial charge in [0.25, 0.3) is 5.91 Å². The SMILES string of the molecule is CC(C)COc1ccc(C2=C(O)C(=O)N(c3cccc(N(C)C)c3)C2=O)cc1. The van der Waals surface area contributed by atoms with Crippen LogP contribution in [0.4, 0.5) is 11.4 Å². The van der Waals surface area contributed by atoms with Crippen LogP contribution in [0.15, 0.2) is 54.3 Å². The van der Waals surface area contributed by atoms with E-state index in [0.717, 1.165) is 10.6 Å². The van der Waals surface area contributed by atoms with Gasteiger partial charge < -0.3 is 14.7 Å². The van der Waals surface area contributed by atoms with Gasteiger partial charge in [-0.1, -0.05) is 32.0 Å². The average molecular weight is 380 g/mol. The number of hydrogen-bond donors (Lipinski definition) is 1. The predicted molar refractivity (Wildman–Crippen MR) is 110 cm³/mol. The van der Waals surface area contributed by atoms with Gasteiger partial charge in [-0.2, -0.15) is 0 Å². The Labute approximate surface area is 164 Å². The smallest absolute Gasteiger partial charge is 0.301 e. The number of amides is 2. The molecule has 2 amide bonds. The molecule has 1 N–H and O–H groups in total.